The van der Waals surface area contributed by atoms with Crippen LogP contribution in [0.5, 0.6) is 0 Å². The molecule has 0 radical (unpaired) electrons. The highest BCUT2D eigenvalue weighted by atomic mass is 16.5. The van der Waals surface area contributed by atoms with E-state index in [1.54, 1.807) is 0 Å². The second-order valence-electron chi connectivity index (χ2n) is 10.0. The van der Waals surface area contributed by atoms with Crippen molar-refractivity contribution in [3.8, 4) is 11.1 Å². The molecule has 5 rings (SSSR count). The Labute approximate surface area is 189 Å². The third-order valence-corrected chi connectivity index (χ3v) is 7.96. The Kier molecular flexibility index (Phi) is 5.44. The number of nitrogens with one attached hydrogen (secondary N) is 1. The molecule has 0 atom stereocenters. The molecule has 168 valence electrons. The van der Waals surface area contributed by atoms with Gasteiger partial charge >= 0.3 is 12.1 Å². The Hall–Kier alpha value is -2.82. The molecule has 3 aliphatic carbocycles. The molecule has 0 heterocycles. The van der Waals surface area contributed by atoms with Crippen LogP contribution in [0, 0.1) is 10.8 Å². The topological polar surface area (TPSA) is 75.6 Å². The number of amides is 1. The van der Waals surface area contributed by atoms with Crippen molar-refractivity contribution in [3.63, 3.8) is 0 Å². The fourth-order valence-corrected chi connectivity index (χ4v) is 6.46. The lowest BCUT2D eigenvalue weighted by atomic mass is 9.50. The molecule has 0 aliphatic heterocycles. The lowest BCUT2D eigenvalue weighted by Crippen LogP contribution is -2.56. The largest absolute Gasteiger partial charge is 0.481 e. The third-order valence-electron chi connectivity index (χ3n) is 7.96. The predicted octanol–water partition coefficient (Wildman–Crippen LogP) is 5.73. The van der Waals surface area contributed by atoms with Crippen LogP contribution in [0.3, 0.4) is 0 Å². The molecule has 2 aromatic rings. The first-order valence-electron chi connectivity index (χ1n) is 11.8. The molecule has 0 aromatic heterocycles. The van der Waals surface area contributed by atoms with Gasteiger partial charge in [0.05, 0.1) is 5.41 Å². The first kappa shape index (κ1) is 21.0. The van der Waals surface area contributed by atoms with E-state index in [4.69, 9.17) is 4.74 Å². The zero-order valence-electron chi connectivity index (χ0n) is 18.4. The number of carbonyl (C=O) groups excluding carboxylic acids is 1. The summed E-state index contributed by atoms with van der Waals surface area (Å²) in [4.78, 5) is 24.6. The van der Waals surface area contributed by atoms with Gasteiger partial charge in [0.2, 0.25) is 0 Å². The van der Waals surface area contributed by atoms with Gasteiger partial charge in [-0.1, -0.05) is 74.2 Å². The molecule has 2 aromatic carbocycles. The average Bonchev–Trinajstić information content (AvgIpc) is 2.91. The molecule has 5 heteroatoms. The highest BCUT2D eigenvalue weighted by Crippen LogP contribution is 2.60. The van der Waals surface area contributed by atoms with E-state index in [1.807, 2.05) is 24.3 Å². The maximum absolute atomic E-state index is 12.5. The summed E-state index contributed by atoms with van der Waals surface area (Å²) in [5, 5.41) is 12.7. The number of ether oxygens (including phenoxy) is 1. The molecule has 1 amide bonds. The molecule has 1 spiro atoms. The van der Waals surface area contributed by atoms with E-state index >= 15 is 0 Å². The number of benzene rings is 2. The van der Waals surface area contributed by atoms with Gasteiger partial charge in [0.1, 0.15) is 6.61 Å². The molecule has 2 N–H and O–H groups in total. The van der Waals surface area contributed by atoms with Crippen molar-refractivity contribution in [2.75, 3.05) is 13.2 Å². The molecular weight excluding hydrogens is 402 g/mol. The van der Waals surface area contributed by atoms with Gasteiger partial charge in [-0.3, -0.25) is 4.79 Å². The summed E-state index contributed by atoms with van der Waals surface area (Å²) in [5.41, 5.74) is 4.01. The summed E-state index contributed by atoms with van der Waals surface area (Å²) < 4.78 is 5.60. The van der Waals surface area contributed by atoms with E-state index in [0.29, 0.717) is 12.8 Å². The van der Waals surface area contributed by atoms with Gasteiger partial charge in [0, 0.05) is 12.5 Å². The second kappa shape index (κ2) is 8.27. The molecule has 2 fully saturated rings. The van der Waals surface area contributed by atoms with Crippen molar-refractivity contribution in [1.29, 1.82) is 0 Å². The maximum atomic E-state index is 12.5. The van der Waals surface area contributed by atoms with Crippen LogP contribution in [0.15, 0.2) is 48.5 Å². The van der Waals surface area contributed by atoms with E-state index in [9.17, 15) is 14.7 Å². The number of aliphatic carboxylic acids is 1. The quantitative estimate of drug-likeness (QED) is 0.631. The Morgan fingerprint density at radius 1 is 0.906 bits per heavy atom. The van der Waals surface area contributed by atoms with Gasteiger partial charge in [-0.25, -0.2) is 4.79 Å². The SMILES string of the molecule is O=C(NCC1(C(=O)O)CC2(CCCCCC2)C1)OCC1c2ccccc2-c2ccccc21. The molecule has 0 unspecified atom stereocenters. The smallest absolute Gasteiger partial charge is 0.407 e. The number of fused-ring (bicyclic) bond motifs is 3. The Bertz CT molecular complexity index is 968. The zero-order valence-corrected chi connectivity index (χ0v) is 18.4. The lowest BCUT2D eigenvalue weighted by molar-refractivity contribution is -0.166. The summed E-state index contributed by atoms with van der Waals surface area (Å²) in [7, 11) is 0. The van der Waals surface area contributed by atoms with Crippen molar-refractivity contribution >= 4 is 12.1 Å². The molecular formula is C27H31NO4. The van der Waals surface area contributed by atoms with Crippen LogP contribution in [-0.4, -0.2) is 30.3 Å². The van der Waals surface area contributed by atoms with Gasteiger partial charge in [0.15, 0.2) is 0 Å². The van der Waals surface area contributed by atoms with E-state index < -0.39 is 17.5 Å². The number of carbonyl (C=O) groups is 2. The highest BCUT2D eigenvalue weighted by Gasteiger charge is 2.58. The summed E-state index contributed by atoms with van der Waals surface area (Å²) >= 11 is 0. The van der Waals surface area contributed by atoms with Gasteiger partial charge < -0.3 is 15.2 Å². The summed E-state index contributed by atoms with van der Waals surface area (Å²) in [5.74, 6) is -0.800. The standard InChI is InChI=1S/C27H31NO4/c29-24(30)27(16-26(17-27)13-7-1-2-8-14-26)18-28-25(31)32-15-23-21-11-5-3-9-19(21)20-10-4-6-12-22(20)23/h3-6,9-12,23H,1-2,7-8,13-18H2,(H,28,31)(H,29,30). The Morgan fingerprint density at radius 2 is 1.47 bits per heavy atom. The lowest BCUT2D eigenvalue weighted by Gasteiger charge is -2.54. The highest BCUT2D eigenvalue weighted by molar-refractivity contribution is 5.79. The average molecular weight is 434 g/mol. The maximum Gasteiger partial charge on any atom is 0.407 e. The molecule has 2 saturated carbocycles. The number of carboxylic acids is 1. The normalized spacial score (nSPS) is 20.5. The molecule has 5 nitrogen and oxygen atoms in total. The van der Waals surface area contributed by atoms with Crippen molar-refractivity contribution in [2.24, 2.45) is 10.8 Å². The van der Waals surface area contributed by atoms with Crippen LogP contribution in [0.2, 0.25) is 0 Å². The van der Waals surface area contributed by atoms with Crippen LogP contribution in [-0.2, 0) is 9.53 Å². The first-order valence-corrected chi connectivity index (χ1v) is 11.8. The van der Waals surface area contributed by atoms with E-state index in [0.717, 1.165) is 24.0 Å². The third kappa shape index (κ3) is 3.68. The fourth-order valence-electron chi connectivity index (χ4n) is 6.46. The monoisotopic (exact) mass is 433 g/mol. The van der Waals surface area contributed by atoms with Crippen LogP contribution in [0.4, 0.5) is 4.79 Å². The minimum atomic E-state index is -0.851. The second-order valence-corrected chi connectivity index (χ2v) is 10.0. The summed E-state index contributed by atoms with van der Waals surface area (Å²) in [6.07, 6.45) is 7.91. The van der Waals surface area contributed by atoms with Crippen LogP contribution in [0.1, 0.15) is 68.4 Å². The number of carboxylic acid groups (broad SMARTS) is 1. The number of alkyl carbamates (subject to hydrolysis) is 1. The Balaban J connectivity index is 1.20. The van der Waals surface area contributed by atoms with Crippen LogP contribution in [0.25, 0.3) is 11.1 Å². The Morgan fingerprint density at radius 3 is 2.03 bits per heavy atom. The fraction of sp³-hybridized carbons (Fsp3) is 0.481. The zero-order chi connectivity index (χ0) is 22.2. The molecule has 0 saturated heterocycles. The van der Waals surface area contributed by atoms with E-state index in [-0.39, 0.29) is 24.5 Å². The van der Waals surface area contributed by atoms with Crippen molar-refractivity contribution in [1.82, 2.24) is 5.32 Å². The van der Waals surface area contributed by atoms with Crippen LogP contribution >= 0.6 is 0 Å². The van der Waals surface area contributed by atoms with Crippen molar-refractivity contribution in [2.45, 2.75) is 57.3 Å². The number of hydrogen-bond donors (Lipinski definition) is 2. The van der Waals surface area contributed by atoms with Gasteiger partial charge in [0.25, 0.3) is 0 Å². The van der Waals surface area contributed by atoms with Gasteiger partial charge in [-0.05, 0) is 53.4 Å². The molecule has 0 bridgehead atoms. The molecule has 3 aliphatic rings. The first-order chi connectivity index (χ1) is 15.5. The molecule has 32 heavy (non-hydrogen) atoms. The minimum Gasteiger partial charge on any atom is -0.481 e. The number of rotatable bonds is 5. The van der Waals surface area contributed by atoms with Crippen LogP contribution < -0.4 is 5.32 Å². The summed E-state index contributed by atoms with van der Waals surface area (Å²) in [6.45, 7) is 0.380. The van der Waals surface area contributed by atoms with E-state index in [1.165, 1.54) is 36.8 Å². The summed E-state index contributed by atoms with van der Waals surface area (Å²) in [6, 6.07) is 16.4. The van der Waals surface area contributed by atoms with Gasteiger partial charge in [-0.2, -0.15) is 0 Å². The predicted molar refractivity (Wildman–Crippen MR) is 123 cm³/mol. The number of hydrogen-bond acceptors (Lipinski definition) is 3. The van der Waals surface area contributed by atoms with Crippen molar-refractivity contribution < 1.29 is 19.4 Å². The van der Waals surface area contributed by atoms with Crippen molar-refractivity contribution in [3.05, 3.63) is 59.7 Å². The van der Waals surface area contributed by atoms with Gasteiger partial charge in [-0.15, -0.1) is 0 Å². The minimum absolute atomic E-state index is 0.000421. The van der Waals surface area contributed by atoms with E-state index in [2.05, 4.69) is 29.6 Å².